The summed E-state index contributed by atoms with van der Waals surface area (Å²) in [5.41, 5.74) is 2.09. The van der Waals surface area contributed by atoms with Crippen molar-refractivity contribution >= 4 is 23.5 Å². The van der Waals surface area contributed by atoms with E-state index in [-0.39, 0.29) is 11.7 Å². The first-order chi connectivity index (χ1) is 11.4. The Morgan fingerprint density at radius 1 is 1.29 bits per heavy atom. The van der Waals surface area contributed by atoms with E-state index in [9.17, 15) is 13.2 Å². The number of nitrogens with one attached hydrogen (secondary N) is 2. The van der Waals surface area contributed by atoms with Crippen LogP contribution in [0.4, 0.5) is 13.2 Å². The molecule has 1 aromatic heterocycles. The van der Waals surface area contributed by atoms with E-state index in [0.717, 1.165) is 12.1 Å². The fraction of sp³-hybridized carbons (Fsp3) is 0.200. The van der Waals surface area contributed by atoms with Gasteiger partial charge in [0.15, 0.2) is 5.11 Å². The maximum atomic E-state index is 12.7. The average molecular weight is 357 g/mol. The zero-order valence-corrected chi connectivity index (χ0v) is 13.1. The molecular formula is C15H14F3N3O2S. The van der Waals surface area contributed by atoms with Gasteiger partial charge in [0, 0.05) is 12.1 Å². The van der Waals surface area contributed by atoms with Gasteiger partial charge in [-0.2, -0.15) is 18.3 Å². The number of nitrogens with zero attached hydrogens (tertiary/aromatic N) is 1. The molecular weight excluding hydrogens is 343 g/mol. The van der Waals surface area contributed by atoms with Crippen LogP contribution in [0.3, 0.4) is 0 Å². The summed E-state index contributed by atoms with van der Waals surface area (Å²) in [5.74, 6) is 0.642. The quantitative estimate of drug-likeness (QED) is 0.436. The summed E-state index contributed by atoms with van der Waals surface area (Å²) >= 11 is 4.88. The first-order valence-electron chi connectivity index (χ1n) is 6.85. The van der Waals surface area contributed by atoms with E-state index in [2.05, 4.69) is 15.8 Å². The fourth-order valence-electron chi connectivity index (χ4n) is 1.79. The zero-order valence-electron chi connectivity index (χ0n) is 12.3. The van der Waals surface area contributed by atoms with Gasteiger partial charge in [0.05, 0.1) is 18.4 Å². The number of alkyl halides is 3. The van der Waals surface area contributed by atoms with Gasteiger partial charge in [0.1, 0.15) is 11.5 Å². The summed E-state index contributed by atoms with van der Waals surface area (Å²) in [6, 6.07) is 8.00. The largest absolute Gasteiger partial charge is 0.455 e. The number of thiocarbonyl (C=S) groups is 1. The molecule has 128 valence electrons. The molecule has 0 radical (unpaired) electrons. The van der Waals surface area contributed by atoms with E-state index in [1.165, 1.54) is 18.3 Å². The van der Waals surface area contributed by atoms with E-state index in [1.54, 1.807) is 12.1 Å². The van der Waals surface area contributed by atoms with Crippen LogP contribution in [0.2, 0.25) is 0 Å². The maximum absolute atomic E-state index is 12.7. The Morgan fingerprint density at radius 2 is 2.08 bits per heavy atom. The highest BCUT2D eigenvalue weighted by Gasteiger charge is 2.30. The third-order valence-electron chi connectivity index (χ3n) is 2.86. The summed E-state index contributed by atoms with van der Waals surface area (Å²) < 4.78 is 43.6. The summed E-state index contributed by atoms with van der Waals surface area (Å²) in [4.78, 5) is 0. The second-order valence-corrected chi connectivity index (χ2v) is 5.04. The van der Waals surface area contributed by atoms with Crippen molar-refractivity contribution in [1.82, 2.24) is 10.7 Å². The topological polar surface area (TPSA) is 69.8 Å². The van der Waals surface area contributed by atoms with E-state index >= 15 is 0 Å². The lowest BCUT2D eigenvalue weighted by Gasteiger charge is -2.07. The fourth-order valence-corrected chi connectivity index (χ4v) is 1.94. The molecule has 3 N–H and O–H groups in total. The van der Waals surface area contributed by atoms with Crippen LogP contribution in [0.5, 0.6) is 0 Å². The third kappa shape index (κ3) is 5.07. The Bertz CT molecular complexity index is 729. The van der Waals surface area contributed by atoms with Gasteiger partial charge in [-0.05, 0) is 36.5 Å². The molecule has 0 fully saturated rings. The summed E-state index contributed by atoms with van der Waals surface area (Å²) in [6.45, 7) is 0.228. The number of hydrogen-bond donors (Lipinski definition) is 3. The Hall–Kier alpha value is -2.39. The highest BCUT2D eigenvalue weighted by Crippen LogP contribution is 2.32. The molecule has 0 atom stereocenters. The minimum Gasteiger partial charge on any atom is -0.455 e. The third-order valence-corrected chi connectivity index (χ3v) is 3.09. The normalized spacial score (nSPS) is 11.7. The first kappa shape index (κ1) is 18.0. The van der Waals surface area contributed by atoms with Crippen molar-refractivity contribution in [3.05, 3.63) is 47.7 Å². The maximum Gasteiger partial charge on any atom is 0.416 e. The summed E-state index contributed by atoms with van der Waals surface area (Å²) in [5, 5.41) is 15.4. The van der Waals surface area contributed by atoms with Crippen LogP contribution in [0.1, 0.15) is 11.3 Å². The van der Waals surface area contributed by atoms with Crippen molar-refractivity contribution in [2.75, 3.05) is 13.2 Å². The van der Waals surface area contributed by atoms with Gasteiger partial charge in [-0.3, -0.25) is 5.43 Å². The molecule has 0 bridgehead atoms. The van der Waals surface area contributed by atoms with Crippen molar-refractivity contribution < 1.29 is 22.7 Å². The second-order valence-electron chi connectivity index (χ2n) is 4.63. The summed E-state index contributed by atoms with van der Waals surface area (Å²) in [6.07, 6.45) is -3.07. The molecule has 0 spiro atoms. The van der Waals surface area contributed by atoms with E-state index in [4.69, 9.17) is 21.7 Å². The molecule has 0 saturated carbocycles. The van der Waals surface area contributed by atoms with Gasteiger partial charge in [-0.25, -0.2) is 0 Å². The molecule has 0 aliphatic carbocycles. The molecule has 0 amide bonds. The van der Waals surface area contributed by atoms with Gasteiger partial charge in [-0.15, -0.1) is 0 Å². The number of aliphatic hydroxyl groups excluding tert-OH is 1. The van der Waals surface area contributed by atoms with Gasteiger partial charge in [0.25, 0.3) is 0 Å². The lowest BCUT2D eigenvalue weighted by Crippen LogP contribution is -2.33. The highest BCUT2D eigenvalue weighted by molar-refractivity contribution is 7.80. The Balaban J connectivity index is 2.04. The van der Waals surface area contributed by atoms with Crippen molar-refractivity contribution in [3.8, 4) is 11.3 Å². The first-order valence-corrected chi connectivity index (χ1v) is 7.26. The molecule has 0 aliphatic heterocycles. The smallest absolute Gasteiger partial charge is 0.416 e. The molecule has 0 unspecified atom stereocenters. The number of rotatable bonds is 5. The Labute approximate surface area is 141 Å². The molecule has 2 rings (SSSR count). The van der Waals surface area contributed by atoms with Crippen LogP contribution in [0.15, 0.2) is 45.9 Å². The number of benzene rings is 1. The lowest BCUT2D eigenvalue weighted by molar-refractivity contribution is -0.137. The van der Waals surface area contributed by atoms with Crippen LogP contribution < -0.4 is 10.7 Å². The predicted molar refractivity (Wildman–Crippen MR) is 87.6 cm³/mol. The number of halogens is 3. The molecule has 9 heteroatoms. The van der Waals surface area contributed by atoms with Crippen LogP contribution in [-0.4, -0.2) is 29.6 Å². The highest BCUT2D eigenvalue weighted by atomic mass is 32.1. The minimum atomic E-state index is -4.41. The van der Waals surface area contributed by atoms with Crippen molar-refractivity contribution in [3.63, 3.8) is 0 Å². The van der Waals surface area contributed by atoms with E-state index in [0.29, 0.717) is 23.6 Å². The molecule has 1 aromatic carbocycles. The van der Waals surface area contributed by atoms with Gasteiger partial charge in [-0.1, -0.05) is 12.1 Å². The predicted octanol–water partition coefficient (Wildman–Crippen LogP) is 2.76. The van der Waals surface area contributed by atoms with Crippen molar-refractivity contribution in [1.29, 1.82) is 0 Å². The van der Waals surface area contributed by atoms with E-state index in [1.807, 2.05) is 0 Å². The van der Waals surface area contributed by atoms with Crippen LogP contribution in [0.25, 0.3) is 11.3 Å². The Kier molecular flexibility index (Phi) is 5.93. The molecule has 24 heavy (non-hydrogen) atoms. The number of hydrazone groups is 1. The van der Waals surface area contributed by atoms with Crippen molar-refractivity contribution in [2.24, 2.45) is 5.10 Å². The monoisotopic (exact) mass is 357 g/mol. The SMILES string of the molecule is OCCNC(=S)NN=Cc1ccc(-c2cccc(C(F)(F)F)c2)o1. The second kappa shape index (κ2) is 7.93. The molecule has 1 heterocycles. The van der Waals surface area contributed by atoms with Gasteiger partial charge in [0.2, 0.25) is 0 Å². The lowest BCUT2D eigenvalue weighted by atomic mass is 10.1. The van der Waals surface area contributed by atoms with Crippen molar-refractivity contribution in [2.45, 2.75) is 6.18 Å². The average Bonchev–Trinajstić information content (AvgIpc) is 3.01. The minimum absolute atomic E-state index is 0.0654. The molecule has 5 nitrogen and oxygen atoms in total. The van der Waals surface area contributed by atoms with Crippen LogP contribution in [-0.2, 0) is 6.18 Å². The Morgan fingerprint density at radius 3 is 2.79 bits per heavy atom. The van der Waals surface area contributed by atoms with Gasteiger partial charge < -0.3 is 14.8 Å². The molecule has 0 aliphatic rings. The van der Waals surface area contributed by atoms with E-state index < -0.39 is 11.7 Å². The van der Waals surface area contributed by atoms with Crippen LogP contribution >= 0.6 is 12.2 Å². The number of hydrogen-bond acceptors (Lipinski definition) is 4. The summed E-state index contributed by atoms with van der Waals surface area (Å²) in [7, 11) is 0. The zero-order chi connectivity index (χ0) is 17.6. The van der Waals surface area contributed by atoms with Crippen LogP contribution in [0, 0.1) is 0 Å². The number of furan rings is 1. The number of aliphatic hydroxyl groups is 1. The molecule has 0 saturated heterocycles. The molecule has 2 aromatic rings. The van der Waals surface area contributed by atoms with Gasteiger partial charge >= 0.3 is 6.18 Å². The standard InChI is InChI=1S/C15H14F3N3O2S/c16-15(17,18)11-3-1-2-10(8-11)13-5-4-12(23-13)9-20-21-14(24)19-6-7-22/h1-5,8-9,22H,6-7H2,(H2,19,21,24).